The van der Waals surface area contributed by atoms with Gasteiger partial charge in [-0.25, -0.2) is 0 Å². The molecule has 1 aromatic heterocycles. The summed E-state index contributed by atoms with van der Waals surface area (Å²) >= 11 is 3.01. The van der Waals surface area contributed by atoms with E-state index >= 15 is 0 Å². The largest absolute Gasteiger partial charge is 0.270 e. The first kappa shape index (κ1) is 11.3. The molecule has 84 valence electrons. The molecule has 0 aliphatic carbocycles. The molecule has 0 bridgehead atoms. The summed E-state index contributed by atoms with van der Waals surface area (Å²) < 4.78 is 5.31. The molecule has 1 aromatic carbocycles. The second-order valence-electron chi connectivity index (χ2n) is 3.59. The van der Waals surface area contributed by atoms with Crippen molar-refractivity contribution in [1.29, 1.82) is 0 Å². The first-order chi connectivity index (χ1) is 7.58. The van der Waals surface area contributed by atoms with Gasteiger partial charge in [0.1, 0.15) is 5.03 Å². The topological polar surface area (TPSA) is 56.0 Å². The zero-order valence-corrected chi connectivity index (χ0v) is 10.5. The van der Waals surface area contributed by atoms with Gasteiger partial charge in [0.25, 0.3) is 5.69 Å². The van der Waals surface area contributed by atoms with Crippen LogP contribution in [0.1, 0.15) is 13.8 Å². The molecular weight excluding hydrogens is 244 g/mol. The van der Waals surface area contributed by atoms with E-state index in [1.54, 1.807) is 23.9 Å². The Balaban J connectivity index is 2.51. The molecule has 0 spiro atoms. The number of nitrogens with zero attached hydrogens (tertiary/aromatic N) is 2. The molecule has 4 nitrogen and oxygen atoms in total. The van der Waals surface area contributed by atoms with Crippen molar-refractivity contribution < 1.29 is 4.92 Å². The Hall–Kier alpha value is -1.14. The highest BCUT2D eigenvalue weighted by molar-refractivity contribution is 8.00. The molecular formula is C10H10N2O2S2. The van der Waals surface area contributed by atoms with Gasteiger partial charge in [0, 0.05) is 22.8 Å². The third-order valence-corrected chi connectivity index (χ3v) is 3.93. The third kappa shape index (κ3) is 2.17. The van der Waals surface area contributed by atoms with E-state index in [0.29, 0.717) is 5.25 Å². The van der Waals surface area contributed by atoms with Gasteiger partial charge >= 0.3 is 0 Å². The van der Waals surface area contributed by atoms with Crippen LogP contribution in [0, 0.1) is 10.1 Å². The van der Waals surface area contributed by atoms with Crippen LogP contribution in [-0.4, -0.2) is 14.5 Å². The number of rotatable bonds is 3. The molecule has 0 aliphatic rings. The van der Waals surface area contributed by atoms with Crippen LogP contribution in [-0.2, 0) is 0 Å². The minimum absolute atomic E-state index is 0.123. The maximum atomic E-state index is 10.7. The number of benzene rings is 1. The van der Waals surface area contributed by atoms with Gasteiger partial charge in [-0.1, -0.05) is 13.8 Å². The van der Waals surface area contributed by atoms with Crippen LogP contribution >= 0.6 is 23.3 Å². The Labute approximate surface area is 101 Å². The average molecular weight is 254 g/mol. The molecule has 0 unspecified atom stereocenters. The quantitative estimate of drug-likeness (QED) is 0.476. The van der Waals surface area contributed by atoms with Gasteiger partial charge in [-0.15, -0.1) is 11.8 Å². The van der Waals surface area contributed by atoms with Gasteiger partial charge in [-0.3, -0.25) is 10.1 Å². The molecule has 0 radical (unpaired) electrons. The molecule has 0 N–H and O–H groups in total. The molecule has 0 saturated carbocycles. The predicted molar refractivity (Wildman–Crippen MR) is 67.3 cm³/mol. The summed E-state index contributed by atoms with van der Waals surface area (Å²) in [5, 5.41) is 12.9. The van der Waals surface area contributed by atoms with Crippen LogP contribution in [0.2, 0.25) is 0 Å². The Morgan fingerprint density at radius 2 is 2.25 bits per heavy atom. The maximum absolute atomic E-state index is 10.7. The molecule has 0 fully saturated rings. The molecule has 0 amide bonds. The van der Waals surface area contributed by atoms with Gasteiger partial charge in [0.15, 0.2) is 0 Å². The summed E-state index contributed by atoms with van der Waals surface area (Å²) in [5.74, 6) is 0. The summed E-state index contributed by atoms with van der Waals surface area (Å²) in [6, 6.07) is 4.88. The van der Waals surface area contributed by atoms with E-state index in [9.17, 15) is 10.1 Å². The zero-order valence-electron chi connectivity index (χ0n) is 8.84. The second kappa shape index (κ2) is 4.39. The normalized spacial score (nSPS) is 11.2. The summed E-state index contributed by atoms with van der Waals surface area (Å²) in [5.41, 5.74) is 0.123. The standard InChI is InChI=1S/C10H10N2O2S2/c1-6(2)15-10-8-5-7(12(13)14)3-4-9(8)16-11-10/h3-6H,1-2H3. The van der Waals surface area contributed by atoms with E-state index in [4.69, 9.17) is 0 Å². The highest BCUT2D eigenvalue weighted by Gasteiger charge is 2.13. The number of hydrogen-bond acceptors (Lipinski definition) is 5. The number of hydrogen-bond donors (Lipinski definition) is 0. The smallest absolute Gasteiger partial charge is 0.258 e. The van der Waals surface area contributed by atoms with Crippen LogP contribution in [0.5, 0.6) is 0 Å². The van der Waals surface area contributed by atoms with Crippen molar-refractivity contribution in [1.82, 2.24) is 4.37 Å². The highest BCUT2D eigenvalue weighted by atomic mass is 32.2. The number of non-ortho nitro benzene ring substituents is 1. The molecule has 0 atom stereocenters. The van der Waals surface area contributed by atoms with Crippen molar-refractivity contribution in [2.45, 2.75) is 24.1 Å². The number of nitro benzene ring substituents is 1. The van der Waals surface area contributed by atoms with E-state index in [-0.39, 0.29) is 10.6 Å². The molecule has 6 heteroatoms. The summed E-state index contributed by atoms with van der Waals surface area (Å²) in [6.07, 6.45) is 0. The lowest BCUT2D eigenvalue weighted by molar-refractivity contribution is -0.384. The minimum Gasteiger partial charge on any atom is -0.258 e. The zero-order chi connectivity index (χ0) is 11.7. The fourth-order valence-electron chi connectivity index (χ4n) is 1.33. The first-order valence-corrected chi connectivity index (χ1v) is 6.43. The number of fused-ring (bicyclic) bond motifs is 1. The van der Waals surface area contributed by atoms with Crippen LogP contribution in [0.25, 0.3) is 10.1 Å². The van der Waals surface area contributed by atoms with Crippen LogP contribution < -0.4 is 0 Å². The number of nitro groups is 1. The average Bonchev–Trinajstić information content (AvgIpc) is 2.60. The fourth-order valence-corrected chi connectivity index (χ4v) is 3.08. The Kier molecular flexibility index (Phi) is 3.11. The van der Waals surface area contributed by atoms with Crippen molar-refractivity contribution in [3.8, 4) is 0 Å². The maximum Gasteiger partial charge on any atom is 0.270 e. The predicted octanol–water partition coefficient (Wildman–Crippen LogP) is 3.71. The summed E-state index contributed by atoms with van der Waals surface area (Å²) in [4.78, 5) is 10.3. The van der Waals surface area contributed by atoms with E-state index < -0.39 is 0 Å². The lowest BCUT2D eigenvalue weighted by atomic mass is 10.2. The van der Waals surface area contributed by atoms with Gasteiger partial charge in [-0.05, 0) is 17.6 Å². The van der Waals surface area contributed by atoms with Gasteiger partial charge < -0.3 is 0 Å². The van der Waals surface area contributed by atoms with Gasteiger partial charge in [-0.2, -0.15) is 4.37 Å². The van der Waals surface area contributed by atoms with E-state index in [1.807, 2.05) is 0 Å². The van der Waals surface area contributed by atoms with Crippen molar-refractivity contribution in [3.05, 3.63) is 28.3 Å². The van der Waals surface area contributed by atoms with Crippen molar-refractivity contribution in [2.75, 3.05) is 0 Å². The van der Waals surface area contributed by atoms with E-state index in [0.717, 1.165) is 15.1 Å². The Bertz CT molecular complexity index is 537. The fraction of sp³-hybridized carbons (Fsp3) is 0.300. The van der Waals surface area contributed by atoms with Gasteiger partial charge in [0.05, 0.1) is 9.62 Å². The number of aromatic nitrogens is 1. The lowest BCUT2D eigenvalue weighted by Crippen LogP contribution is -1.88. The molecule has 16 heavy (non-hydrogen) atoms. The second-order valence-corrected chi connectivity index (χ2v) is 5.96. The first-order valence-electron chi connectivity index (χ1n) is 4.78. The van der Waals surface area contributed by atoms with Gasteiger partial charge in [0.2, 0.25) is 0 Å². The molecule has 2 rings (SSSR count). The minimum atomic E-state index is -0.374. The molecule has 2 aromatic rings. The molecule has 0 saturated heterocycles. The Morgan fingerprint density at radius 3 is 2.88 bits per heavy atom. The Morgan fingerprint density at radius 1 is 1.50 bits per heavy atom. The highest BCUT2D eigenvalue weighted by Crippen LogP contribution is 2.34. The summed E-state index contributed by atoms with van der Waals surface area (Å²) in [7, 11) is 0. The van der Waals surface area contributed by atoms with Crippen molar-refractivity contribution in [3.63, 3.8) is 0 Å². The molecule has 0 aliphatic heterocycles. The number of thioether (sulfide) groups is 1. The van der Waals surface area contributed by atoms with E-state index in [2.05, 4.69) is 18.2 Å². The van der Waals surface area contributed by atoms with Crippen molar-refractivity contribution >= 4 is 39.1 Å². The van der Waals surface area contributed by atoms with E-state index in [1.165, 1.54) is 17.6 Å². The van der Waals surface area contributed by atoms with Crippen molar-refractivity contribution in [2.24, 2.45) is 0 Å². The van der Waals surface area contributed by atoms with Crippen LogP contribution in [0.15, 0.2) is 23.2 Å². The summed E-state index contributed by atoms with van der Waals surface area (Å²) in [6.45, 7) is 4.15. The lowest BCUT2D eigenvalue weighted by Gasteiger charge is -2.00. The van der Waals surface area contributed by atoms with Crippen LogP contribution in [0.3, 0.4) is 0 Å². The monoisotopic (exact) mass is 254 g/mol. The molecule has 1 heterocycles. The third-order valence-electron chi connectivity index (χ3n) is 1.98. The van der Waals surface area contributed by atoms with Crippen LogP contribution in [0.4, 0.5) is 5.69 Å². The SMILES string of the molecule is CC(C)Sc1nsc2ccc([N+](=O)[O-])cc12.